The number of imide groups is 1. The standard InChI is InChI=1S/C20H22N2O3/c1-12-2-4-13(5-3-12)8-9-21-16(23)11-22-19(24)17-14-6-7-15(10-14)18(17)20(22)25/h2-7,14-15,17-18H,8-11H2,1H3,(H,21,23)/t14-,15-,17-,18+/m0/s1. The zero-order valence-electron chi connectivity index (χ0n) is 14.3. The van der Waals surface area contributed by atoms with Crippen molar-refractivity contribution in [3.05, 3.63) is 47.5 Å². The fraction of sp³-hybridized carbons (Fsp3) is 0.450. The summed E-state index contributed by atoms with van der Waals surface area (Å²) in [6.45, 7) is 2.38. The summed E-state index contributed by atoms with van der Waals surface area (Å²) in [6.07, 6.45) is 5.75. The van der Waals surface area contributed by atoms with Crippen LogP contribution >= 0.6 is 0 Å². The molecule has 1 N–H and O–H groups in total. The van der Waals surface area contributed by atoms with Crippen molar-refractivity contribution < 1.29 is 14.4 Å². The van der Waals surface area contributed by atoms with E-state index < -0.39 is 0 Å². The number of allylic oxidation sites excluding steroid dienone is 2. The Kier molecular flexibility index (Phi) is 3.94. The highest BCUT2D eigenvalue weighted by Gasteiger charge is 2.59. The highest BCUT2D eigenvalue weighted by atomic mass is 16.2. The van der Waals surface area contributed by atoms with Crippen LogP contribution in [-0.4, -0.2) is 35.7 Å². The van der Waals surface area contributed by atoms with E-state index in [2.05, 4.69) is 17.5 Å². The van der Waals surface area contributed by atoms with Crippen LogP contribution in [0.15, 0.2) is 36.4 Å². The number of nitrogens with zero attached hydrogens (tertiary/aromatic N) is 1. The normalized spacial score (nSPS) is 29.4. The summed E-state index contributed by atoms with van der Waals surface area (Å²) in [5.41, 5.74) is 2.35. The van der Waals surface area contributed by atoms with Crippen LogP contribution in [0.3, 0.4) is 0 Å². The van der Waals surface area contributed by atoms with Gasteiger partial charge in [0, 0.05) is 6.54 Å². The molecule has 1 saturated carbocycles. The molecule has 1 heterocycles. The summed E-state index contributed by atoms with van der Waals surface area (Å²) in [6, 6.07) is 8.16. The minimum Gasteiger partial charge on any atom is -0.354 e. The Balaban J connectivity index is 1.30. The van der Waals surface area contributed by atoms with Gasteiger partial charge in [0.05, 0.1) is 11.8 Å². The predicted molar refractivity (Wildman–Crippen MR) is 92.3 cm³/mol. The Bertz CT molecular complexity index is 723. The van der Waals surface area contributed by atoms with Crippen LogP contribution in [0.2, 0.25) is 0 Å². The van der Waals surface area contributed by atoms with E-state index in [1.165, 1.54) is 10.5 Å². The lowest BCUT2D eigenvalue weighted by Gasteiger charge is -2.16. The van der Waals surface area contributed by atoms with Gasteiger partial charge in [-0.15, -0.1) is 0 Å². The monoisotopic (exact) mass is 338 g/mol. The number of amides is 3. The van der Waals surface area contributed by atoms with Crippen molar-refractivity contribution in [2.45, 2.75) is 19.8 Å². The van der Waals surface area contributed by atoms with Crippen molar-refractivity contribution in [1.29, 1.82) is 0 Å². The first-order valence-corrected chi connectivity index (χ1v) is 8.90. The second-order valence-electron chi connectivity index (χ2n) is 7.35. The van der Waals surface area contributed by atoms with Crippen molar-refractivity contribution in [2.24, 2.45) is 23.7 Å². The summed E-state index contributed by atoms with van der Waals surface area (Å²) in [5.74, 6) is -0.706. The molecule has 2 fully saturated rings. The van der Waals surface area contributed by atoms with E-state index in [1.54, 1.807) is 0 Å². The lowest BCUT2D eigenvalue weighted by molar-refractivity contribution is -0.144. The molecule has 4 atom stereocenters. The molecule has 1 saturated heterocycles. The molecule has 0 spiro atoms. The lowest BCUT2D eigenvalue weighted by Crippen LogP contribution is -2.42. The van der Waals surface area contributed by atoms with E-state index in [-0.39, 0.29) is 47.9 Å². The molecular formula is C20H22N2O3. The van der Waals surface area contributed by atoms with Crippen LogP contribution in [0, 0.1) is 30.6 Å². The molecule has 1 aliphatic heterocycles. The fourth-order valence-electron chi connectivity index (χ4n) is 4.42. The first-order chi connectivity index (χ1) is 12.0. The van der Waals surface area contributed by atoms with Gasteiger partial charge in [-0.25, -0.2) is 0 Å². The molecule has 0 unspecified atom stereocenters. The summed E-state index contributed by atoms with van der Waals surface area (Å²) >= 11 is 0. The molecule has 4 rings (SSSR count). The van der Waals surface area contributed by atoms with E-state index in [0.717, 1.165) is 18.4 Å². The van der Waals surface area contributed by atoms with Gasteiger partial charge in [-0.3, -0.25) is 19.3 Å². The molecular weight excluding hydrogens is 316 g/mol. The Morgan fingerprint density at radius 2 is 1.68 bits per heavy atom. The molecule has 1 aromatic rings. The molecule has 3 amide bonds. The second-order valence-corrected chi connectivity index (χ2v) is 7.35. The summed E-state index contributed by atoms with van der Waals surface area (Å²) in [7, 11) is 0. The first-order valence-electron chi connectivity index (χ1n) is 8.90. The Labute approximate surface area is 147 Å². The van der Waals surface area contributed by atoms with Gasteiger partial charge in [0.25, 0.3) is 0 Å². The fourth-order valence-corrected chi connectivity index (χ4v) is 4.42. The zero-order chi connectivity index (χ0) is 17.6. The van der Waals surface area contributed by atoms with E-state index in [1.807, 2.05) is 31.2 Å². The molecule has 2 aliphatic carbocycles. The number of aryl methyl sites for hydroxylation is 1. The lowest BCUT2D eigenvalue weighted by atomic mass is 9.85. The SMILES string of the molecule is Cc1ccc(CCNC(=O)CN2C(=O)[C@@H]3[C@H](C2=O)[C@H]2C=C[C@H]3C2)cc1. The second kappa shape index (κ2) is 6.14. The molecule has 5 heteroatoms. The number of nitrogens with one attached hydrogen (secondary N) is 1. The maximum atomic E-state index is 12.5. The number of hydrogen-bond acceptors (Lipinski definition) is 3. The molecule has 2 bridgehead atoms. The molecule has 0 radical (unpaired) electrons. The van der Waals surface area contributed by atoms with E-state index in [4.69, 9.17) is 0 Å². The van der Waals surface area contributed by atoms with Crippen molar-refractivity contribution in [3.63, 3.8) is 0 Å². The van der Waals surface area contributed by atoms with Crippen molar-refractivity contribution >= 4 is 17.7 Å². The molecule has 25 heavy (non-hydrogen) atoms. The van der Waals surface area contributed by atoms with Crippen molar-refractivity contribution in [1.82, 2.24) is 10.2 Å². The number of hydrogen-bond donors (Lipinski definition) is 1. The van der Waals surface area contributed by atoms with Crippen LogP contribution in [0.5, 0.6) is 0 Å². The molecule has 0 aromatic heterocycles. The van der Waals surface area contributed by atoms with Gasteiger partial charge < -0.3 is 5.32 Å². The molecule has 5 nitrogen and oxygen atoms in total. The molecule has 3 aliphatic rings. The number of carbonyl (C=O) groups excluding carboxylic acids is 3. The summed E-state index contributed by atoms with van der Waals surface area (Å²) in [5, 5.41) is 2.82. The quantitative estimate of drug-likeness (QED) is 0.653. The van der Waals surface area contributed by atoms with E-state index >= 15 is 0 Å². The van der Waals surface area contributed by atoms with Crippen LogP contribution in [0.4, 0.5) is 0 Å². The Morgan fingerprint density at radius 3 is 2.28 bits per heavy atom. The van der Waals surface area contributed by atoms with Crippen molar-refractivity contribution in [3.8, 4) is 0 Å². The average Bonchev–Trinajstić information content (AvgIpc) is 3.27. The van der Waals surface area contributed by atoms with Gasteiger partial charge in [0.1, 0.15) is 6.54 Å². The van der Waals surface area contributed by atoms with E-state index in [0.29, 0.717) is 6.54 Å². The highest BCUT2D eigenvalue weighted by molar-refractivity contribution is 6.08. The summed E-state index contributed by atoms with van der Waals surface area (Å²) in [4.78, 5) is 38.4. The molecule has 1 aromatic carbocycles. The largest absolute Gasteiger partial charge is 0.354 e. The van der Waals surface area contributed by atoms with Gasteiger partial charge in [-0.2, -0.15) is 0 Å². The van der Waals surface area contributed by atoms with E-state index in [9.17, 15) is 14.4 Å². The number of carbonyl (C=O) groups is 3. The average molecular weight is 338 g/mol. The van der Waals surface area contributed by atoms with Crippen LogP contribution in [0.1, 0.15) is 17.5 Å². The Hall–Kier alpha value is -2.43. The minimum absolute atomic E-state index is 0.155. The molecule has 130 valence electrons. The third-order valence-electron chi connectivity index (χ3n) is 5.72. The van der Waals surface area contributed by atoms with Crippen LogP contribution in [-0.2, 0) is 20.8 Å². The van der Waals surface area contributed by atoms with Crippen molar-refractivity contribution in [2.75, 3.05) is 13.1 Å². The van der Waals surface area contributed by atoms with Gasteiger partial charge in [0.2, 0.25) is 17.7 Å². The number of benzene rings is 1. The summed E-state index contributed by atoms with van der Waals surface area (Å²) < 4.78 is 0. The maximum Gasteiger partial charge on any atom is 0.240 e. The van der Waals surface area contributed by atoms with Crippen LogP contribution in [0.25, 0.3) is 0 Å². The van der Waals surface area contributed by atoms with Gasteiger partial charge >= 0.3 is 0 Å². The zero-order valence-corrected chi connectivity index (χ0v) is 14.3. The van der Waals surface area contributed by atoms with Gasteiger partial charge in [-0.1, -0.05) is 42.0 Å². The Morgan fingerprint density at radius 1 is 1.08 bits per heavy atom. The van der Waals surface area contributed by atoms with Gasteiger partial charge in [0.15, 0.2) is 0 Å². The number of likely N-dealkylation sites (tertiary alicyclic amines) is 1. The third kappa shape index (κ3) is 2.77. The first kappa shape index (κ1) is 16.1. The smallest absolute Gasteiger partial charge is 0.240 e. The third-order valence-corrected chi connectivity index (χ3v) is 5.72. The highest BCUT2D eigenvalue weighted by Crippen LogP contribution is 2.52. The van der Waals surface area contributed by atoms with Gasteiger partial charge in [-0.05, 0) is 37.2 Å². The minimum atomic E-state index is -0.269. The number of rotatable bonds is 5. The van der Waals surface area contributed by atoms with Crippen LogP contribution < -0.4 is 5.32 Å². The maximum absolute atomic E-state index is 12.5. The predicted octanol–water partition coefficient (Wildman–Crippen LogP) is 1.46. The number of fused-ring (bicyclic) bond motifs is 5. The topological polar surface area (TPSA) is 66.5 Å².